The first kappa shape index (κ1) is 9.35. The van der Waals surface area contributed by atoms with Gasteiger partial charge in [-0.3, -0.25) is 4.79 Å². The molecule has 1 N–H and O–H groups in total. The lowest BCUT2D eigenvalue weighted by atomic mass is 10.4. The molecule has 0 bridgehead atoms. The molecule has 0 spiro atoms. The van der Waals surface area contributed by atoms with Gasteiger partial charge in [-0.2, -0.15) is 0 Å². The van der Waals surface area contributed by atoms with E-state index in [4.69, 9.17) is 0 Å². The summed E-state index contributed by atoms with van der Waals surface area (Å²) in [6, 6.07) is 0. The van der Waals surface area contributed by atoms with Crippen molar-refractivity contribution in [2.24, 2.45) is 0 Å². The van der Waals surface area contributed by atoms with Crippen LogP contribution in [0.15, 0.2) is 26.3 Å². The van der Waals surface area contributed by atoms with Gasteiger partial charge in [-0.25, -0.2) is 4.98 Å². The van der Waals surface area contributed by atoms with Crippen LogP contribution in [-0.2, 0) is 0 Å². The van der Waals surface area contributed by atoms with Crippen molar-refractivity contribution in [3.8, 4) is 0 Å². The van der Waals surface area contributed by atoms with Crippen LogP contribution in [0.3, 0.4) is 0 Å². The zero-order chi connectivity index (χ0) is 9.97. The minimum Gasteiger partial charge on any atom is -0.363 e. The molecular formula is C7H4BrN3O2S. The van der Waals surface area contributed by atoms with Crippen LogP contribution in [0.5, 0.6) is 0 Å². The van der Waals surface area contributed by atoms with E-state index in [1.54, 1.807) is 5.51 Å². The molecule has 0 fully saturated rings. The number of aromatic nitrogens is 2. The van der Waals surface area contributed by atoms with Crippen molar-refractivity contribution in [1.29, 1.82) is 0 Å². The second-order valence-corrected chi connectivity index (χ2v) is 4.51. The Balaban J connectivity index is 2.14. The van der Waals surface area contributed by atoms with Crippen LogP contribution in [0.2, 0.25) is 0 Å². The van der Waals surface area contributed by atoms with Gasteiger partial charge in [0.05, 0.1) is 11.7 Å². The van der Waals surface area contributed by atoms with Crippen molar-refractivity contribution >= 4 is 38.9 Å². The van der Waals surface area contributed by atoms with Crippen molar-refractivity contribution in [3.63, 3.8) is 0 Å². The second kappa shape index (κ2) is 3.89. The number of nitrogens with zero attached hydrogens (tertiary/aromatic N) is 2. The average molecular weight is 274 g/mol. The number of amides is 1. The minimum absolute atomic E-state index is 0.290. The standard InChI is InChI=1S/C7H4BrN3O2S/c8-6-5(9-3-14-6)7(12)11-4-1-10-13-2-4/h1-3H,(H,11,12). The molecular weight excluding hydrogens is 270 g/mol. The number of thiazole rings is 1. The van der Waals surface area contributed by atoms with Crippen LogP contribution < -0.4 is 5.32 Å². The van der Waals surface area contributed by atoms with Crippen molar-refractivity contribution in [3.05, 3.63) is 27.5 Å². The van der Waals surface area contributed by atoms with Gasteiger partial charge < -0.3 is 9.84 Å². The molecule has 0 saturated heterocycles. The van der Waals surface area contributed by atoms with E-state index in [-0.39, 0.29) is 5.91 Å². The lowest BCUT2D eigenvalue weighted by molar-refractivity contribution is 0.102. The summed E-state index contributed by atoms with van der Waals surface area (Å²) >= 11 is 4.58. The highest BCUT2D eigenvalue weighted by Gasteiger charge is 2.13. The van der Waals surface area contributed by atoms with Crippen LogP contribution in [-0.4, -0.2) is 16.0 Å². The predicted molar refractivity (Wildman–Crippen MR) is 54.3 cm³/mol. The summed E-state index contributed by atoms with van der Waals surface area (Å²) in [6.45, 7) is 0. The van der Waals surface area contributed by atoms with Gasteiger partial charge in [0.15, 0.2) is 5.69 Å². The maximum Gasteiger partial charge on any atom is 0.276 e. The van der Waals surface area contributed by atoms with Gasteiger partial charge in [0, 0.05) is 0 Å². The first-order chi connectivity index (χ1) is 6.77. The van der Waals surface area contributed by atoms with Crippen LogP contribution in [0.4, 0.5) is 5.69 Å². The molecule has 7 heteroatoms. The molecule has 5 nitrogen and oxygen atoms in total. The van der Waals surface area contributed by atoms with Crippen molar-refractivity contribution in [2.75, 3.05) is 5.32 Å². The SMILES string of the molecule is O=C(Nc1cnoc1)c1ncsc1Br. The smallest absolute Gasteiger partial charge is 0.276 e. The van der Waals surface area contributed by atoms with Gasteiger partial charge >= 0.3 is 0 Å². The predicted octanol–water partition coefficient (Wildman–Crippen LogP) is 2.15. The summed E-state index contributed by atoms with van der Waals surface area (Å²) in [7, 11) is 0. The highest BCUT2D eigenvalue weighted by molar-refractivity contribution is 9.11. The van der Waals surface area contributed by atoms with Crippen molar-refractivity contribution in [1.82, 2.24) is 10.1 Å². The van der Waals surface area contributed by atoms with Crippen molar-refractivity contribution < 1.29 is 9.32 Å². The topological polar surface area (TPSA) is 68.0 Å². The molecule has 2 rings (SSSR count). The van der Waals surface area contributed by atoms with E-state index in [1.165, 1.54) is 23.8 Å². The Hall–Kier alpha value is -1.21. The monoisotopic (exact) mass is 273 g/mol. The molecule has 0 aliphatic heterocycles. The highest BCUT2D eigenvalue weighted by Crippen LogP contribution is 2.21. The minimum atomic E-state index is -0.290. The molecule has 0 aliphatic rings. The second-order valence-electron chi connectivity index (χ2n) is 2.34. The first-order valence-electron chi connectivity index (χ1n) is 3.57. The number of hydrogen-bond acceptors (Lipinski definition) is 5. The molecule has 2 aromatic rings. The van der Waals surface area contributed by atoms with E-state index in [9.17, 15) is 4.79 Å². The molecule has 72 valence electrons. The quantitative estimate of drug-likeness (QED) is 0.911. The molecule has 0 aromatic carbocycles. The fourth-order valence-electron chi connectivity index (χ4n) is 0.837. The fourth-order valence-corrected chi connectivity index (χ4v) is 1.88. The molecule has 0 unspecified atom stereocenters. The lowest BCUT2D eigenvalue weighted by Gasteiger charge is -1.97. The maximum atomic E-state index is 11.5. The van der Waals surface area contributed by atoms with Crippen molar-refractivity contribution in [2.45, 2.75) is 0 Å². The Labute approximate surface area is 91.3 Å². The van der Waals surface area contributed by atoms with Crippen LogP contribution in [0, 0.1) is 0 Å². The molecule has 1 amide bonds. The maximum absolute atomic E-state index is 11.5. The Kier molecular flexibility index (Phi) is 2.60. The van der Waals surface area contributed by atoms with E-state index in [2.05, 4.69) is 35.9 Å². The molecule has 0 radical (unpaired) electrons. The molecule has 14 heavy (non-hydrogen) atoms. The highest BCUT2D eigenvalue weighted by atomic mass is 79.9. The van der Waals surface area contributed by atoms with E-state index in [1.807, 2.05) is 0 Å². The van der Waals surface area contributed by atoms with Crippen LogP contribution in [0.1, 0.15) is 10.5 Å². The Morgan fingerprint density at radius 1 is 1.64 bits per heavy atom. The number of hydrogen-bond donors (Lipinski definition) is 1. The summed E-state index contributed by atoms with van der Waals surface area (Å²) in [4.78, 5) is 15.4. The number of rotatable bonds is 2. The number of carbonyl (C=O) groups is 1. The summed E-state index contributed by atoms with van der Waals surface area (Å²) in [5.74, 6) is -0.290. The van der Waals surface area contributed by atoms with Gasteiger partial charge in [0.1, 0.15) is 15.7 Å². The zero-order valence-electron chi connectivity index (χ0n) is 6.73. The van der Waals surface area contributed by atoms with Gasteiger partial charge in [-0.15, -0.1) is 11.3 Å². The lowest BCUT2D eigenvalue weighted by Crippen LogP contribution is -2.12. The summed E-state index contributed by atoms with van der Waals surface area (Å²) < 4.78 is 5.27. The first-order valence-corrected chi connectivity index (χ1v) is 5.24. The summed E-state index contributed by atoms with van der Waals surface area (Å²) in [5, 5.41) is 6.04. The molecule has 2 aromatic heterocycles. The third-order valence-electron chi connectivity index (χ3n) is 1.43. The third kappa shape index (κ3) is 1.83. The molecule has 0 aliphatic carbocycles. The average Bonchev–Trinajstić information content (AvgIpc) is 2.75. The normalized spacial score (nSPS) is 10.1. The van der Waals surface area contributed by atoms with Gasteiger partial charge in [0.2, 0.25) is 0 Å². The Morgan fingerprint density at radius 2 is 2.50 bits per heavy atom. The van der Waals surface area contributed by atoms with Gasteiger partial charge in [-0.1, -0.05) is 5.16 Å². The van der Waals surface area contributed by atoms with E-state index < -0.39 is 0 Å². The summed E-state index contributed by atoms with van der Waals surface area (Å²) in [6.07, 6.45) is 2.76. The van der Waals surface area contributed by atoms with Gasteiger partial charge in [0.25, 0.3) is 5.91 Å². The molecule has 0 atom stereocenters. The third-order valence-corrected chi connectivity index (χ3v) is 2.98. The fraction of sp³-hybridized carbons (Fsp3) is 0. The summed E-state index contributed by atoms with van der Waals surface area (Å²) in [5.41, 5.74) is 2.46. The number of anilines is 1. The number of nitrogens with one attached hydrogen (secondary N) is 1. The molecule has 0 saturated carbocycles. The molecule has 2 heterocycles. The Morgan fingerprint density at radius 3 is 3.07 bits per heavy atom. The van der Waals surface area contributed by atoms with E-state index in [0.717, 1.165) is 0 Å². The Bertz CT molecular complexity index is 439. The van der Waals surface area contributed by atoms with E-state index in [0.29, 0.717) is 15.2 Å². The van der Waals surface area contributed by atoms with Crippen LogP contribution in [0.25, 0.3) is 0 Å². The zero-order valence-corrected chi connectivity index (χ0v) is 9.13. The largest absolute Gasteiger partial charge is 0.363 e. The van der Waals surface area contributed by atoms with Crippen LogP contribution >= 0.6 is 27.3 Å². The van der Waals surface area contributed by atoms with E-state index >= 15 is 0 Å². The van der Waals surface area contributed by atoms with Gasteiger partial charge in [-0.05, 0) is 15.9 Å². The number of carbonyl (C=O) groups excluding carboxylic acids is 1. The number of halogens is 1.